The quantitative estimate of drug-likeness (QED) is 0.887. The first kappa shape index (κ1) is 18.8. The molecule has 0 bridgehead atoms. The van der Waals surface area contributed by atoms with Crippen LogP contribution in [-0.2, 0) is 0 Å². The number of aromatic nitrogens is 2. The third kappa shape index (κ3) is 4.05. The molecule has 1 N–H and O–H groups in total. The Morgan fingerprint density at radius 3 is 2.52 bits per heavy atom. The van der Waals surface area contributed by atoms with Gasteiger partial charge in [-0.25, -0.2) is 9.48 Å². The van der Waals surface area contributed by atoms with Gasteiger partial charge in [-0.2, -0.15) is 5.10 Å². The molecule has 1 aromatic carbocycles. The number of rotatable bonds is 4. The van der Waals surface area contributed by atoms with Crippen LogP contribution >= 0.6 is 0 Å². The molecule has 0 aliphatic carbocycles. The molecule has 1 saturated heterocycles. The molecular formula is C19H25N5O3. The molecule has 27 heavy (non-hydrogen) atoms. The topological polar surface area (TPSA) is 79.7 Å². The molecule has 1 aliphatic heterocycles. The number of aryl methyl sites for hydroxylation is 1. The van der Waals surface area contributed by atoms with E-state index in [-0.39, 0.29) is 11.9 Å². The van der Waals surface area contributed by atoms with Gasteiger partial charge in [0.2, 0.25) is 0 Å². The number of hydrogen-bond acceptors (Lipinski definition) is 4. The van der Waals surface area contributed by atoms with Gasteiger partial charge in [0.25, 0.3) is 5.91 Å². The normalized spacial score (nSPS) is 14.2. The number of methoxy groups -OCH3 is 1. The van der Waals surface area contributed by atoms with Crippen LogP contribution < -0.4 is 10.1 Å². The minimum atomic E-state index is -0.129. The predicted molar refractivity (Wildman–Crippen MR) is 101 cm³/mol. The van der Waals surface area contributed by atoms with Gasteiger partial charge in [-0.15, -0.1) is 0 Å². The SMILES string of the molecule is CCNC(=O)N1CCN(C(=O)c2ccn(-c3cc(C)ccc3OC)n2)CC1. The lowest BCUT2D eigenvalue weighted by molar-refractivity contribution is 0.0659. The number of piperazine rings is 1. The van der Waals surface area contributed by atoms with Crippen molar-refractivity contribution in [3.05, 3.63) is 41.7 Å². The summed E-state index contributed by atoms with van der Waals surface area (Å²) in [6.07, 6.45) is 1.76. The Morgan fingerprint density at radius 1 is 1.15 bits per heavy atom. The lowest BCUT2D eigenvalue weighted by atomic mass is 10.2. The van der Waals surface area contributed by atoms with Crippen molar-refractivity contribution in [1.29, 1.82) is 0 Å². The molecule has 2 aromatic rings. The number of amides is 3. The van der Waals surface area contributed by atoms with Crippen molar-refractivity contribution in [2.45, 2.75) is 13.8 Å². The highest BCUT2D eigenvalue weighted by molar-refractivity contribution is 5.92. The lowest BCUT2D eigenvalue weighted by Gasteiger charge is -2.34. The molecule has 1 aromatic heterocycles. The van der Waals surface area contributed by atoms with E-state index in [1.165, 1.54) is 0 Å². The highest BCUT2D eigenvalue weighted by atomic mass is 16.5. The maximum absolute atomic E-state index is 12.8. The van der Waals surface area contributed by atoms with Crippen LogP contribution in [0.1, 0.15) is 23.0 Å². The van der Waals surface area contributed by atoms with Gasteiger partial charge in [0, 0.05) is 38.9 Å². The summed E-state index contributed by atoms with van der Waals surface area (Å²) in [6, 6.07) is 7.44. The largest absolute Gasteiger partial charge is 0.494 e. The smallest absolute Gasteiger partial charge is 0.317 e. The molecule has 8 nitrogen and oxygen atoms in total. The van der Waals surface area contributed by atoms with Crippen molar-refractivity contribution in [2.24, 2.45) is 0 Å². The van der Waals surface area contributed by atoms with Crippen LogP contribution in [0.4, 0.5) is 4.79 Å². The maximum Gasteiger partial charge on any atom is 0.317 e. The zero-order chi connectivity index (χ0) is 19.4. The monoisotopic (exact) mass is 371 g/mol. The molecule has 3 rings (SSSR count). The molecule has 8 heteroatoms. The predicted octanol–water partition coefficient (Wildman–Crippen LogP) is 1.68. The zero-order valence-corrected chi connectivity index (χ0v) is 15.9. The number of hydrogen-bond donors (Lipinski definition) is 1. The minimum absolute atomic E-state index is 0.0829. The Labute approximate surface area is 158 Å². The summed E-state index contributed by atoms with van der Waals surface area (Å²) in [4.78, 5) is 28.1. The van der Waals surface area contributed by atoms with E-state index in [0.29, 0.717) is 44.2 Å². The average molecular weight is 371 g/mol. The number of carbonyl (C=O) groups excluding carboxylic acids is 2. The van der Waals surface area contributed by atoms with Crippen LogP contribution in [0.25, 0.3) is 5.69 Å². The van der Waals surface area contributed by atoms with Gasteiger partial charge in [-0.05, 0) is 37.6 Å². The molecule has 0 unspecified atom stereocenters. The Kier molecular flexibility index (Phi) is 5.63. The fraction of sp³-hybridized carbons (Fsp3) is 0.421. The molecule has 1 fully saturated rings. The second kappa shape index (κ2) is 8.11. The number of nitrogens with zero attached hydrogens (tertiary/aromatic N) is 4. The second-order valence-electron chi connectivity index (χ2n) is 6.44. The molecule has 144 valence electrons. The van der Waals surface area contributed by atoms with E-state index in [9.17, 15) is 9.59 Å². The molecule has 0 radical (unpaired) electrons. The fourth-order valence-electron chi connectivity index (χ4n) is 3.09. The standard InChI is InChI=1S/C19H25N5O3/c1-4-20-19(26)23-11-9-22(10-12-23)18(25)15-7-8-24(21-15)16-13-14(2)5-6-17(16)27-3/h5-8,13H,4,9-12H2,1-3H3,(H,20,26). The molecule has 3 amide bonds. The highest BCUT2D eigenvalue weighted by Gasteiger charge is 2.26. The van der Waals surface area contributed by atoms with Crippen molar-refractivity contribution in [3.8, 4) is 11.4 Å². The Morgan fingerprint density at radius 2 is 1.85 bits per heavy atom. The van der Waals surface area contributed by atoms with E-state index >= 15 is 0 Å². The van der Waals surface area contributed by atoms with Crippen molar-refractivity contribution in [1.82, 2.24) is 24.9 Å². The summed E-state index contributed by atoms with van der Waals surface area (Å²) in [7, 11) is 1.61. The lowest BCUT2D eigenvalue weighted by Crippen LogP contribution is -2.53. The molecule has 0 atom stereocenters. The Balaban J connectivity index is 1.70. The van der Waals surface area contributed by atoms with Gasteiger partial charge in [-0.3, -0.25) is 4.79 Å². The van der Waals surface area contributed by atoms with E-state index in [0.717, 1.165) is 11.3 Å². The number of ether oxygens (including phenoxy) is 1. The summed E-state index contributed by atoms with van der Waals surface area (Å²) < 4.78 is 7.05. The molecule has 1 aliphatic rings. The summed E-state index contributed by atoms with van der Waals surface area (Å²) >= 11 is 0. The summed E-state index contributed by atoms with van der Waals surface area (Å²) in [5, 5.41) is 7.23. The third-order valence-corrected chi connectivity index (χ3v) is 4.57. The average Bonchev–Trinajstić information content (AvgIpc) is 3.17. The summed E-state index contributed by atoms with van der Waals surface area (Å²) in [5.41, 5.74) is 2.25. The van der Waals surface area contributed by atoms with Crippen molar-refractivity contribution >= 4 is 11.9 Å². The van der Waals surface area contributed by atoms with Gasteiger partial charge in [-0.1, -0.05) is 6.07 Å². The molecule has 0 spiro atoms. The van der Waals surface area contributed by atoms with Crippen LogP contribution in [0.2, 0.25) is 0 Å². The molecule has 0 saturated carbocycles. The minimum Gasteiger partial charge on any atom is -0.494 e. The molecule has 2 heterocycles. The van der Waals surface area contributed by atoms with E-state index in [1.54, 1.807) is 33.9 Å². The van der Waals surface area contributed by atoms with Gasteiger partial charge in [0.1, 0.15) is 11.4 Å². The highest BCUT2D eigenvalue weighted by Crippen LogP contribution is 2.23. The number of benzene rings is 1. The zero-order valence-electron chi connectivity index (χ0n) is 15.9. The number of carbonyl (C=O) groups is 2. The fourth-order valence-corrected chi connectivity index (χ4v) is 3.09. The van der Waals surface area contributed by atoms with Gasteiger partial charge < -0.3 is 19.9 Å². The van der Waals surface area contributed by atoms with E-state index in [4.69, 9.17) is 4.74 Å². The van der Waals surface area contributed by atoms with Crippen molar-refractivity contribution in [2.75, 3.05) is 39.8 Å². The first-order valence-electron chi connectivity index (χ1n) is 9.06. The second-order valence-corrected chi connectivity index (χ2v) is 6.44. The Bertz CT molecular complexity index is 825. The maximum atomic E-state index is 12.8. The van der Waals surface area contributed by atoms with Gasteiger partial charge in [0.05, 0.1) is 7.11 Å². The van der Waals surface area contributed by atoms with Gasteiger partial charge in [0.15, 0.2) is 5.69 Å². The van der Waals surface area contributed by atoms with Crippen LogP contribution in [-0.4, -0.2) is 71.4 Å². The van der Waals surface area contributed by atoms with Crippen molar-refractivity contribution in [3.63, 3.8) is 0 Å². The Hall–Kier alpha value is -3.03. The van der Waals surface area contributed by atoms with Crippen LogP contribution in [0.15, 0.2) is 30.5 Å². The van der Waals surface area contributed by atoms with Gasteiger partial charge >= 0.3 is 6.03 Å². The van der Waals surface area contributed by atoms with Crippen molar-refractivity contribution < 1.29 is 14.3 Å². The summed E-state index contributed by atoms with van der Waals surface area (Å²) in [6.45, 7) is 6.50. The first-order chi connectivity index (χ1) is 13.0. The van der Waals surface area contributed by atoms with Crippen LogP contribution in [0.3, 0.4) is 0 Å². The van der Waals surface area contributed by atoms with E-state index in [2.05, 4.69) is 10.4 Å². The van der Waals surface area contributed by atoms with E-state index < -0.39 is 0 Å². The van der Waals surface area contributed by atoms with Crippen LogP contribution in [0, 0.1) is 6.92 Å². The van der Waals surface area contributed by atoms with Crippen LogP contribution in [0.5, 0.6) is 5.75 Å². The molecular weight excluding hydrogens is 346 g/mol. The summed E-state index contributed by atoms with van der Waals surface area (Å²) in [5.74, 6) is 0.564. The first-order valence-corrected chi connectivity index (χ1v) is 9.06. The number of nitrogens with one attached hydrogen (secondary N) is 1. The third-order valence-electron chi connectivity index (χ3n) is 4.57. The van der Waals surface area contributed by atoms with E-state index in [1.807, 2.05) is 32.0 Å². The number of urea groups is 1.